The van der Waals surface area contributed by atoms with Crippen LogP contribution in [-0.2, 0) is 14.6 Å². The third-order valence-electron chi connectivity index (χ3n) is 1.82. The molecule has 0 aromatic carbocycles. The lowest BCUT2D eigenvalue weighted by Crippen LogP contribution is -2.44. The number of hydrogen-bond acceptors (Lipinski definition) is 3. The summed E-state index contributed by atoms with van der Waals surface area (Å²) < 4.78 is 21.9. The van der Waals surface area contributed by atoms with E-state index in [9.17, 15) is 13.2 Å². The van der Waals surface area contributed by atoms with Crippen molar-refractivity contribution in [2.75, 3.05) is 24.6 Å². The maximum Gasteiger partial charge on any atom is 0.344 e. The number of hydrogen-bond donors (Lipinski definition) is 0. The van der Waals surface area contributed by atoms with Gasteiger partial charge in [0.15, 0.2) is 9.84 Å². The molecule has 0 aromatic heterocycles. The minimum atomic E-state index is -2.97. The third kappa shape index (κ3) is 2.64. The summed E-state index contributed by atoms with van der Waals surface area (Å²) >= 11 is 0. The van der Waals surface area contributed by atoms with Gasteiger partial charge in [0.1, 0.15) is 0 Å². The van der Waals surface area contributed by atoms with E-state index in [-0.39, 0.29) is 24.6 Å². The summed E-state index contributed by atoms with van der Waals surface area (Å²) in [5.41, 5.74) is 8.07. The minimum Gasteiger partial charge on any atom is -0.361 e. The molecule has 1 heterocycles. The average molecular weight is 203 g/mol. The number of rotatable bonds is 1. The van der Waals surface area contributed by atoms with E-state index in [1.54, 1.807) is 0 Å². The highest BCUT2D eigenvalue weighted by molar-refractivity contribution is 7.91. The molecule has 1 rings (SSSR count). The minimum absolute atomic E-state index is 0.0159. The third-order valence-corrected chi connectivity index (χ3v) is 3.43. The molecule has 0 atom stereocenters. The van der Waals surface area contributed by atoms with Crippen molar-refractivity contribution < 1.29 is 18.0 Å². The van der Waals surface area contributed by atoms with Gasteiger partial charge in [0.05, 0.1) is 11.5 Å². The van der Waals surface area contributed by atoms with Crippen molar-refractivity contribution in [3.63, 3.8) is 0 Å². The van der Waals surface area contributed by atoms with E-state index in [1.807, 2.05) is 0 Å². The molecule has 1 saturated heterocycles. The lowest BCUT2D eigenvalue weighted by Gasteiger charge is -2.23. The van der Waals surface area contributed by atoms with Crippen molar-refractivity contribution in [2.24, 2.45) is 0 Å². The summed E-state index contributed by atoms with van der Waals surface area (Å²) in [6.07, 6.45) is 0.762. The normalized spacial score (nSPS) is 20.5. The summed E-state index contributed by atoms with van der Waals surface area (Å²) in [4.78, 5) is 14.9. The van der Waals surface area contributed by atoms with Crippen LogP contribution in [0.25, 0.3) is 5.53 Å². The van der Waals surface area contributed by atoms with Gasteiger partial charge in [-0.05, 0) is 0 Å². The molecule has 13 heavy (non-hydrogen) atoms. The quantitative estimate of drug-likeness (QED) is 0.296. The van der Waals surface area contributed by atoms with Crippen LogP contribution in [0.2, 0.25) is 0 Å². The zero-order valence-corrected chi connectivity index (χ0v) is 7.70. The van der Waals surface area contributed by atoms with Crippen LogP contribution in [0.15, 0.2) is 0 Å². The van der Waals surface area contributed by atoms with Crippen molar-refractivity contribution in [3.8, 4) is 0 Å². The van der Waals surface area contributed by atoms with E-state index >= 15 is 0 Å². The Balaban J connectivity index is 2.60. The molecule has 1 fully saturated rings. The van der Waals surface area contributed by atoms with Crippen LogP contribution < -0.4 is 0 Å². The first kappa shape index (κ1) is 9.88. The van der Waals surface area contributed by atoms with Crippen LogP contribution in [0.4, 0.5) is 0 Å². The topological polar surface area (TPSA) is 90.8 Å². The molecule has 0 aromatic rings. The Bertz CT molecular complexity index is 341. The molecule has 0 radical (unpaired) electrons. The van der Waals surface area contributed by atoms with Crippen LogP contribution in [0.5, 0.6) is 0 Å². The van der Waals surface area contributed by atoms with Crippen molar-refractivity contribution in [1.82, 2.24) is 4.90 Å². The molecule has 1 amide bonds. The van der Waals surface area contributed by atoms with Gasteiger partial charge in [0, 0.05) is 13.1 Å². The van der Waals surface area contributed by atoms with Crippen molar-refractivity contribution in [2.45, 2.75) is 0 Å². The Morgan fingerprint density at radius 2 is 1.92 bits per heavy atom. The zero-order valence-electron chi connectivity index (χ0n) is 6.88. The fourth-order valence-electron chi connectivity index (χ4n) is 1.06. The van der Waals surface area contributed by atoms with E-state index in [0.717, 1.165) is 6.21 Å². The van der Waals surface area contributed by atoms with Gasteiger partial charge in [-0.1, -0.05) is 0 Å². The molecule has 1 aliphatic heterocycles. The SMILES string of the molecule is [N-]=[N+]=CC(=O)N1CCS(=O)(=O)CC1. The highest BCUT2D eigenvalue weighted by Crippen LogP contribution is 2.02. The largest absolute Gasteiger partial charge is 0.361 e. The van der Waals surface area contributed by atoms with E-state index in [1.165, 1.54) is 4.90 Å². The van der Waals surface area contributed by atoms with Gasteiger partial charge in [-0.2, -0.15) is 4.79 Å². The molecule has 0 saturated carbocycles. The van der Waals surface area contributed by atoms with E-state index in [0.29, 0.717) is 0 Å². The Morgan fingerprint density at radius 3 is 2.38 bits per heavy atom. The van der Waals surface area contributed by atoms with Crippen molar-refractivity contribution in [1.29, 1.82) is 0 Å². The lowest BCUT2D eigenvalue weighted by molar-refractivity contribution is -0.127. The van der Waals surface area contributed by atoms with Gasteiger partial charge in [-0.15, -0.1) is 0 Å². The lowest BCUT2D eigenvalue weighted by atomic mass is 10.4. The second-order valence-corrected chi connectivity index (χ2v) is 5.03. The van der Waals surface area contributed by atoms with Gasteiger partial charge < -0.3 is 10.4 Å². The standard InChI is InChI=1S/C6H9N3O3S/c7-8-5-6(10)9-1-3-13(11,12)4-2-9/h5H,1-4H2. The predicted molar refractivity (Wildman–Crippen MR) is 44.9 cm³/mol. The average Bonchev–Trinajstić information content (AvgIpc) is 2.04. The van der Waals surface area contributed by atoms with Crippen LogP contribution in [-0.4, -0.2) is 54.8 Å². The molecule has 1 aliphatic rings. The predicted octanol–water partition coefficient (Wildman–Crippen LogP) is -1.46. The maximum atomic E-state index is 11.0. The fraction of sp³-hybridized carbons (Fsp3) is 0.667. The Hall–Kier alpha value is -1.20. The van der Waals surface area contributed by atoms with Crippen LogP contribution in [0.3, 0.4) is 0 Å². The molecule has 0 N–H and O–H groups in total. The first-order valence-electron chi connectivity index (χ1n) is 3.72. The summed E-state index contributed by atoms with van der Waals surface area (Å²) in [7, 11) is -2.97. The summed E-state index contributed by atoms with van der Waals surface area (Å²) in [6, 6.07) is 0. The number of carbonyl (C=O) groups excluding carboxylic acids is 1. The zero-order chi connectivity index (χ0) is 9.90. The fourth-order valence-corrected chi connectivity index (χ4v) is 2.27. The van der Waals surface area contributed by atoms with Gasteiger partial charge >= 0.3 is 12.1 Å². The number of amides is 1. The Kier molecular flexibility index (Phi) is 2.79. The van der Waals surface area contributed by atoms with Gasteiger partial charge in [0.2, 0.25) is 0 Å². The molecule has 0 spiro atoms. The highest BCUT2D eigenvalue weighted by Gasteiger charge is 2.25. The Labute approximate surface area is 75.7 Å². The monoisotopic (exact) mass is 203 g/mol. The molecule has 0 aliphatic carbocycles. The molecule has 0 bridgehead atoms. The second kappa shape index (κ2) is 3.68. The molecule has 72 valence electrons. The molecule has 7 heteroatoms. The van der Waals surface area contributed by atoms with Gasteiger partial charge in [0.25, 0.3) is 0 Å². The molecular formula is C6H9N3O3S. The van der Waals surface area contributed by atoms with Crippen LogP contribution in [0, 0.1) is 0 Å². The first-order valence-corrected chi connectivity index (χ1v) is 5.54. The summed E-state index contributed by atoms with van der Waals surface area (Å²) in [5, 5.41) is 0. The number of nitrogens with zero attached hydrogens (tertiary/aromatic N) is 3. The highest BCUT2D eigenvalue weighted by atomic mass is 32.2. The molecule has 0 unspecified atom stereocenters. The van der Waals surface area contributed by atoms with Crippen LogP contribution >= 0.6 is 0 Å². The number of carbonyl (C=O) groups is 1. The molecular weight excluding hydrogens is 194 g/mol. The van der Waals surface area contributed by atoms with Gasteiger partial charge in [-0.25, -0.2) is 8.42 Å². The van der Waals surface area contributed by atoms with E-state index < -0.39 is 15.7 Å². The van der Waals surface area contributed by atoms with E-state index in [2.05, 4.69) is 4.79 Å². The van der Waals surface area contributed by atoms with Crippen LogP contribution in [0.1, 0.15) is 0 Å². The summed E-state index contributed by atoms with van der Waals surface area (Å²) in [6.45, 7) is 0.348. The van der Waals surface area contributed by atoms with Crippen molar-refractivity contribution >= 4 is 22.0 Å². The molecule has 6 nitrogen and oxygen atoms in total. The van der Waals surface area contributed by atoms with E-state index in [4.69, 9.17) is 5.53 Å². The first-order chi connectivity index (χ1) is 6.05. The number of sulfone groups is 1. The maximum absolute atomic E-state index is 11.0. The smallest absolute Gasteiger partial charge is 0.344 e. The van der Waals surface area contributed by atoms with Gasteiger partial charge in [-0.3, -0.25) is 4.79 Å². The van der Waals surface area contributed by atoms with Crippen molar-refractivity contribution in [3.05, 3.63) is 5.53 Å². The Morgan fingerprint density at radius 1 is 1.38 bits per heavy atom. The second-order valence-electron chi connectivity index (χ2n) is 2.72. The summed E-state index contributed by atoms with van der Waals surface area (Å²) in [5.74, 6) is -0.492.